The van der Waals surface area contributed by atoms with Crippen LogP contribution >= 0.6 is 0 Å². The van der Waals surface area contributed by atoms with Gasteiger partial charge in [0.2, 0.25) is 27.7 Å². The van der Waals surface area contributed by atoms with Gasteiger partial charge < -0.3 is 4.90 Å². The number of hydrogen-bond donors (Lipinski definition) is 0. The van der Waals surface area contributed by atoms with Crippen LogP contribution < -0.4 is 0 Å². The number of imide groups is 1. The van der Waals surface area contributed by atoms with Crippen molar-refractivity contribution in [1.82, 2.24) is 14.1 Å². The number of nitrogens with zero attached hydrogens (tertiary/aromatic N) is 3. The summed E-state index contributed by atoms with van der Waals surface area (Å²) in [4.78, 5) is 41.1. The molecule has 3 heterocycles. The van der Waals surface area contributed by atoms with Gasteiger partial charge in [0, 0.05) is 20.0 Å². The third kappa shape index (κ3) is 3.15. The predicted molar refractivity (Wildman–Crippen MR) is 109 cm³/mol. The number of amides is 3. The maximum atomic E-state index is 13.5. The first-order valence-corrected chi connectivity index (χ1v) is 11.8. The first-order chi connectivity index (χ1) is 14.1. The minimum atomic E-state index is -3.80. The van der Waals surface area contributed by atoms with Gasteiger partial charge in [-0.15, -0.1) is 0 Å². The summed E-state index contributed by atoms with van der Waals surface area (Å²) in [5.74, 6) is -1.31. The van der Waals surface area contributed by atoms with Gasteiger partial charge in [0.25, 0.3) is 0 Å². The molecule has 1 aromatic rings. The highest BCUT2D eigenvalue weighted by Crippen LogP contribution is 2.38. The summed E-state index contributed by atoms with van der Waals surface area (Å²) >= 11 is 0. The molecule has 0 bridgehead atoms. The minimum absolute atomic E-state index is 0.180. The molecule has 1 unspecified atom stereocenters. The van der Waals surface area contributed by atoms with Gasteiger partial charge in [-0.3, -0.25) is 19.3 Å². The number of sulfonamides is 1. The Bertz CT molecular complexity index is 990. The van der Waals surface area contributed by atoms with Crippen LogP contribution in [0.2, 0.25) is 0 Å². The van der Waals surface area contributed by atoms with Gasteiger partial charge >= 0.3 is 0 Å². The van der Waals surface area contributed by atoms with Crippen LogP contribution in [0, 0.1) is 12.8 Å². The van der Waals surface area contributed by atoms with Crippen molar-refractivity contribution in [2.75, 3.05) is 13.1 Å². The second-order valence-electron chi connectivity index (χ2n) is 8.48. The SMILES string of the molecule is CC(=O)N1C(=O)[C@H](C)[C@H]2[C@H]1CCN2C(=O)C1CCCN1S(=O)(=O)c1ccc(C)cc1. The van der Waals surface area contributed by atoms with Gasteiger partial charge in [-0.25, -0.2) is 8.42 Å². The molecule has 3 aliphatic heterocycles. The lowest BCUT2D eigenvalue weighted by Crippen LogP contribution is -2.51. The maximum absolute atomic E-state index is 13.5. The van der Waals surface area contributed by atoms with E-state index in [9.17, 15) is 22.8 Å². The average Bonchev–Trinajstić information content (AvgIpc) is 3.39. The lowest BCUT2D eigenvalue weighted by atomic mass is 10.0. The summed E-state index contributed by atoms with van der Waals surface area (Å²) in [6.45, 7) is 5.71. The van der Waals surface area contributed by atoms with Crippen LogP contribution in [0.25, 0.3) is 0 Å². The molecule has 4 rings (SSSR count). The molecule has 30 heavy (non-hydrogen) atoms. The average molecular weight is 434 g/mol. The lowest BCUT2D eigenvalue weighted by Gasteiger charge is -2.31. The van der Waals surface area contributed by atoms with Gasteiger partial charge in [0.05, 0.1) is 22.9 Å². The summed E-state index contributed by atoms with van der Waals surface area (Å²) < 4.78 is 27.7. The Morgan fingerprint density at radius 1 is 1.07 bits per heavy atom. The van der Waals surface area contributed by atoms with Crippen LogP contribution in [-0.2, 0) is 24.4 Å². The Morgan fingerprint density at radius 3 is 2.37 bits per heavy atom. The van der Waals surface area contributed by atoms with Crippen molar-refractivity contribution in [1.29, 1.82) is 0 Å². The highest BCUT2D eigenvalue weighted by Gasteiger charge is 2.56. The number of likely N-dealkylation sites (tertiary alicyclic amines) is 2. The number of carbonyl (C=O) groups excluding carboxylic acids is 3. The van der Waals surface area contributed by atoms with E-state index in [0.29, 0.717) is 32.4 Å². The lowest BCUT2D eigenvalue weighted by molar-refractivity contribution is -0.143. The molecule has 3 fully saturated rings. The fourth-order valence-corrected chi connectivity index (χ4v) is 6.82. The Balaban J connectivity index is 1.60. The van der Waals surface area contributed by atoms with Crippen molar-refractivity contribution < 1.29 is 22.8 Å². The molecule has 0 N–H and O–H groups in total. The molecule has 3 saturated heterocycles. The molecule has 0 saturated carbocycles. The Hall–Kier alpha value is -2.26. The minimum Gasteiger partial charge on any atom is -0.335 e. The first kappa shape index (κ1) is 21.0. The number of benzene rings is 1. The van der Waals surface area contributed by atoms with Gasteiger partial charge in [-0.05, 0) is 38.3 Å². The van der Waals surface area contributed by atoms with Crippen molar-refractivity contribution in [2.45, 2.75) is 63.1 Å². The molecule has 0 spiro atoms. The van der Waals surface area contributed by atoms with Crippen LogP contribution in [0.3, 0.4) is 0 Å². The quantitative estimate of drug-likeness (QED) is 0.713. The van der Waals surface area contributed by atoms with E-state index in [4.69, 9.17) is 0 Å². The molecule has 3 aliphatic rings. The standard InChI is InChI=1S/C21H27N3O5S/c1-13-6-8-16(9-7-13)30(28,29)23-11-4-5-18(23)21(27)22-12-10-17-19(22)14(2)20(26)24(17)15(3)25/h6-9,14,17-19H,4-5,10-12H2,1-3H3/t14-,17-,18?,19+/m1/s1. The van der Waals surface area contributed by atoms with E-state index in [1.165, 1.54) is 16.1 Å². The summed E-state index contributed by atoms with van der Waals surface area (Å²) in [5.41, 5.74) is 0.959. The third-order valence-electron chi connectivity index (χ3n) is 6.63. The number of hydrogen-bond acceptors (Lipinski definition) is 5. The number of aryl methyl sites for hydroxylation is 1. The van der Waals surface area contributed by atoms with E-state index < -0.39 is 28.0 Å². The molecule has 3 amide bonds. The van der Waals surface area contributed by atoms with Crippen molar-refractivity contribution in [3.63, 3.8) is 0 Å². The number of fused-ring (bicyclic) bond motifs is 1. The van der Waals surface area contributed by atoms with Crippen LogP contribution in [-0.4, -0.2) is 71.5 Å². The highest BCUT2D eigenvalue weighted by atomic mass is 32.2. The normalized spacial score (nSPS) is 29.5. The molecule has 4 atom stereocenters. The molecule has 162 valence electrons. The molecule has 0 radical (unpaired) electrons. The summed E-state index contributed by atoms with van der Waals surface area (Å²) in [6, 6.07) is 5.14. The van der Waals surface area contributed by atoms with Gasteiger partial charge in [0.1, 0.15) is 6.04 Å². The van der Waals surface area contributed by atoms with Crippen molar-refractivity contribution in [3.05, 3.63) is 29.8 Å². The van der Waals surface area contributed by atoms with Crippen LogP contribution in [0.15, 0.2) is 29.2 Å². The Kier molecular flexibility index (Phi) is 5.22. The second-order valence-corrected chi connectivity index (χ2v) is 10.4. The fourth-order valence-electron chi connectivity index (χ4n) is 5.17. The van der Waals surface area contributed by atoms with E-state index >= 15 is 0 Å². The predicted octanol–water partition coefficient (Wildman–Crippen LogP) is 1.14. The molecule has 0 aliphatic carbocycles. The van der Waals surface area contributed by atoms with Crippen LogP contribution in [0.4, 0.5) is 0 Å². The van der Waals surface area contributed by atoms with Gasteiger partial charge in [-0.1, -0.05) is 24.6 Å². The highest BCUT2D eigenvalue weighted by molar-refractivity contribution is 7.89. The van der Waals surface area contributed by atoms with E-state index in [1.54, 1.807) is 36.1 Å². The second kappa shape index (κ2) is 7.46. The fraction of sp³-hybridized carbons (Fsp3) is 0.571. The monoisotopic (exact) mass is 433 g/mol. The molecule has 8 nitrogen and oxygen atoms in total. The Morgan fingerprint density at radius 2 is 1.73 bits per heavy atom. The van der Waals surface area contributed by atoms with Crippen molar-refractivity contribution >= 4 is 27.7 Å². The molecule has 9 heteroatoms. The zero-order valence-corrected chi connectivity index (χ0v) is 18.3. The van der Waals surface area contributed by atoms with E-state index in [1.807, 2.05) is 6.92 Å². The molecule has 0 aromatic heterocycles. The molecular formula is C21H27N3O5S. The van der Waals surface area contributed by atoms with Crippen molar-refractivity contribution in [2.24, 2.45) is 5.92 Å². The Labute approximate surface area is 176 Å². The van der Waals surface area contributed by atoms with E-state index in [0.717, 1.165) is 5.56 Å². The van der Waals surface area contributed by atoms with E-state index in [2.05, 4.69) is 0 Å². The third-order valence-corrected chi connectivity index (χ3v) is 8.55. The first-order valence-electron chi connectivity index (χ1n) is 10.4. The number of rotatable bonds is 3. The molecule has 1 aromatic carbocycles. The summed E-state index contributed by atoms with van der Waals surface area (Å²) in [6.07, 6.45) is 1.59. The topological polar surface area (TPSA) is 95.1 Å². The largest absolute Gasteiger partial charge is 0.335 e. The van der Waals surface area contributed by atoms with Crippen molar-refractivity contribution in [3.8, 4) is 0 Å². The zero-order valence-electron chi connectivity index (χ0n) is 17.4. The van der Waals surface area contributed by atoms with Crippen LogP contribution in [0.5, 0.6) is 0 Å². The smallest absolute Gasteiger partial charge is 0.243 e. The van der Waals surface area contributed by atoms with Gasteiger partial charge in [-0.2, -0.15) is 4.31 Å². The maximum Gasteiger partial charge on any atom is 0.243 e. The zero-order chi connectivity index (χ0) is 21.8. The summed E-state index contributed by atoms with van der Waals surface area (Å²) in [7, 11) is -3.80. The van der Waals surface area contributed by atoms with Gasteiger partial charge in [0.15, 0.2) is 0 Å². The summed E-state index contributed by atoms with van der Waals surface area (Å²) in [5, 5.41) is 0. The molecular weight excluding hydrogens is 406 g/mol. The van der Waals surface area contributed by atoms with E-state index in [-0.39, 0.29) is 28.7 Å². The number of carbonyl (C=O) groups is 3. The van der Waals surface area contributed by atoms with Crippen LogP contribution in [0.1, 0.15) is 38.7 Å².